The normalized spacial score (nSPS) is 15.1. The van der Waals surface area contributed by atoms with Gasteiger partial charge in [-0.1, -0.05) is 112 Å². The maximum Gasteiger partial charge on any atom is 0.266 e. The molecule has 0 saturated carbocycles. The van der Waals surface area contributed by atoms with E-state index >= 15 is 0 Å². The Balaban J connectivity index is 1.37. The van der Waals surface area contributed by atoms with Gasteiger partial charge in [-0.2, -0.15) is 0 Å². The molecule has 0 aromatic heterocycles. The molecule has 16 heteroatoms. The largest absolute Gasteiger partial charge is 0.326 e. The first-order valence-corrected chi connectivity index (χ1v) is 21.1. The van der Waals surface area contributed by atoms with Crippen molar-refractivity contribution in [3.05, 3.63) is 75.7 Å². The van der Waals surface area contributed by atoms with Gasteiger partial charge in [-0.15, -0.1) is 23.4 Å². The van der Waals surface area contributed by atoms with Gasteiger partial charge >= 0.3 is 0 Å². The van der Waals surface area contributed by atoms with Crippen molar-refractivity contribution in [2.75, 3.05) is 26.8 Å². The number of amidine groups is 1. The quantitative estimate of drug-likeness (QED) is 0.0277. The summed E-state index contributed by atoms with van der Waals surface area (Å²) in [6.07, 6.45) is 13.2. The summed E-state index contributed by atoms with van der Waals surface area (Å²) < 4.78 is 0. The summed E-state index contributed by atoms with van der Waals surface area (Å²) in [4.78, 5) is 54.9. The number of nitrogens with one attached hydrogen (secondary N) is 5. The summed E-state index contributed by atoms with van der Waals surface area (Å²) >= 11 is 26.8. The number of anilines is 4. The molecular weight excluding hydrogens is 804 g/mol. The van der Waals surface area contributed by atoms with E-state index in [9.17, 15) is 19.2 Å². The molecule has 2 unspecified atom stereocenters. The lowest BCUT2D eigenvalue weighted by molar-refractivity contribution is -0.117. The highest BCUT2D eigenvalue weighted by Gasteiger charge is 2.40. The number of benzene rings is 3. The number of alkyl halides is 1. The van der Waals surface area contributed by atoms with E-state index in [1.54, 1.807) is 48.5 Å². The van der Waals surface area contributed by atoms with Gasteiger partial charge in [-0.05, 0) is 61.0 Å². The van der Waals surface area contributed by atoms with Crippen molar-refractivity contribution in [1.29, 1.82) is 0 Å². The van der Waals surface area contributed by atoms with E-state index in [1.165, 1.54) is 73.8 Å². The molecule has 0 aliphatic carbocycles. The topological polar surface area (TPSA) is 144 Å². The standard InChI is InChI=1S/C39H47Cl4N7O4S/c1-2-3-4-5-6-7-8-9-10-11-15-31(41)38(53)47-30-14-12-13-29(24-30)46-37-36(39(54)50(49-37)35-32(42)22-26(40)23-33(35)43)55-21-20-34(52)45-27-16-18-28(19-17-27)48-44-25-51/h12-14,16-19,22-25,31,36,48H,2-11,15,20-21H2,1H3,(H,44,51)(H,45,52)(H,46,49)(H,47,53). The van der Waals surface area contributed by atoms with Crippen LogP contribution in [0.3, 0.4) is 0 Å². The minimum Gasteiger partial charge on any atom is -0.326 e. The molecule has 1 saturated heterocycles. The van der Waals surface area contributed by atoms with Crippen molar-refractivity contribution in [1.82, 2.24) is 10.9 Å². The average Bonchev–Trinajstić information content (AvgIpc) is 3.44. The molecule has 1 heterocycles. The molecule has 1 aliphatic heterocycles. The van der Waals surface area contributed by atoms with Gasteiger partial charge in [0.25, 0.3) is 5.91 Å². The molecular formula is C39H47Cl4N7O4S. The lowest BCUT2D eigenvalue weighted by Crippen LogP contribution is -2.36. The minimum atomic E-state index is -0.849. The second-order valence-corrected chi connectivity index (χ2v) is 16.0. The van der Waals surface area contributed by atoms with Crippen LogP contribution in [0.1, 0.15) is 84.0 Å². The fourth-order valence-electron chi connectivity index (χ4n) is 5.81. The van der Waals surface area contributed by atoms with Gasteiger partial charge in [0.1, 0.15) is 22.2 Å². The van der Waals surface area contributed by atoms with E-state index in [4.69, 9.17) is 51.4 Å². The predicted octanol–water partition coefficient (Wildman–Crippen LogP) is 10.3. The maximum absolute atomic E-state index is 13.9. The molecule has 55 heavy (non-hydrogen) atoms. The number of hydrogen-bond acceptors (Lipinski definition) is 7. The lowest BCUT2D eigenvalue weighted by Gasteiger charge is -2.19. The maximum atomic E-state index is 13.9. The number of nitrogens with zero attached hydrogens (tertiary/aromatic N) is 2. The predicted molar refractivity (Wildman–Crippen MR) is 229 cm³/mol. The van der Waals surface area contributed by atoms with Crippen LogP contribution >= 0.6 is 58.2 Å². The molecule has 1 fully saturated rings. The van der Waals surface area contributed by atoms with Crippen LogP contribution in [0, 0.1) is 0 Å². The van der Waals surface area contributed by atoms with Crippen LogP contribution in [0.4, 0.5) is 28.4 Å². The van der Waals surface area contributed by atoms with Gasteiger partial charge in [0, 0.05) is 28.6 Å². The minimum absolute atomic E-state index is 0.0944. The number of hydrogen-bond donors (Lipinski definition) is 5. The second kappa shape index (κ2) is 23.4. The van der Waals surface area contributed by atoms with Gasteiger partial charge in [0.05, 0.1) is 21.4 Å². The first kappa shape index (κ1) is 44.0. The van der Waals surface area contributed by atoms with E-state index in [0.717, 1.165) is 19.3 Å². The van der Waals surface area contributed by atoms with Crippen LogP contribution < -0.4 is 31.9 Å². The van der Waals surface area contributed by atoms with Crippen LogP contribution in [0.25, 0.3) is 0 Å². The van der Waals surface area contributed by atoms with E-state index < -0.39 is 16.5 Å². The second-order valence-electron chi connectivity index (χ2n) is 13.0. The Bertz CT molecular complexity index is 1760. The number of carbonyl (C=O) groups is 4. The van der Waals surface area contributed by atoms with E-state index in [1.807, 2.05) is 0 Å². The van der Waals surface area contributed by atoms with Crippen molar-refractivity contribution in [2.24, 2.45) is 4.99 Å². The molecule has 1 aliphatic rings. The lowest BCUT2D eigenvalue weighted by atomic mass is 10.1. The SMILES string of the molecule is CCCCCCCCCCCCC(Cl)C(=O)Nc1cccc(N=C2NN(c3c(Cl)cc(Cl)cc3Cl)C(=O)C2SCCC(=O)Nc2ccc(NNC=O)cc2)c1. The third-order valence-electron chi connectivity index (χ3n) is 8.64. The summed E-state index contributed by atoms with van der Waals surface area (Å²) in [7, 11) is 0. The summed E-state index contributed by atoms with van der Waals surface area (Å²) in [6, 6.07) is 16.7. The number of aliphatic imine (C=N–C) groups is 1. The van der Waals surface area contributed by atoms with Crippen molar-refractivity contribution in [2.45, 2.75) is 94.6 Å². The van der Waals surface area contributed by atoms with Crippen molar-refractivity contribution >= 4 is 117 Å². The van der Waals surface area contributed by atoms with Crippen LogP contribution in [0.2, 0.25) is 15.1 Å². The number of thioether (sulfide) groups is 1. The average molecular weight is 852 g/mol. The summed E-state index contributed by atoms with van der Waals surface area (Å²) in [5.74, 6) is -0.392. The van der Waals surface area contributed by atoms with Crippen molar-refractivity contribution in [3.63, 3.8) is 0 Å². The molecule has 0 bridgehead atoms. The molecule has 3 aromatic carbocycles. The highest BCUT2D eigenvalue weighted by Crippen LogP contribution is 2.39. The number of unbranched alkanes of at least 4 members (excludes halogenated alkanes) is 9. The highest BCUT2D eigenvalue weighted by atomic mass is 35.5. The van der Waals surface area contributed by atoms with E-state index in [2.05, 4.69) is 33.8 Å². The van der Waals surface area contributed by atoms with E-state index in [0.29, 0.717) is 40.6 Å². The Morgan fingerprint density at radius 3 is 2.16 bits per heavy atom. The van der Waals surface area contributed by atoms with Crippen LogP contribution in [-0.2, 0) is 19.2 Å². The Kier molecular flexibility index (Phi) is 18.7. The third kappa shape index (κ3) is 14.4. The Labute approximate surface area is 347 Å². The Morgan fingerprint density at radius 1 is 0.873 bits per heavy atom. The molecule has 5 N–H and O–H groups in total. The molecule has 0 radical (unpaired) electrons. The Hall–Kier alpha value is -3.68. The molecule has 3 aromatic rings. The zero-order valence-corrected chi connectivity index (χ0v) is 34.5. The zero-order chi connectivity index (χ0) is 39.6. The number of carbonyl (C=O) groups excluding carboxylic acids is 4. The molecule has 2 atom stereocenters. The third-order valence-corrected chi connectivity index (χ3v) is 11.1. The Morgan fingerprint density at radius 2 is 1.51 bits per heavy atom. The number of halogens is 4. The number of amides is 4. The molecule has 4 amide bonds. The molecule has 296 valence electrons. The first-order chi connectivity index (χ1) is 26.6. The van der Waals surface area contributed by atoms with Gasteiger partial charge in [0.15, 0.2) is 0 Å². The summed E-state index contributed by atoms with van der Waals surface area (Å²) in [5.41, 5.74) is 10.5. The summed E-state index contributed by atoms with van der Waals surface area (Å²) in [5, 5.41) is 6.04. The summed E-state index contributed by atoms with van der Waals surface area (Å²) in [6.45, 7) is 2.23. The fraction of sp³-hybridized carbons (Fsp3) is 0.410. The number of rotatable bonds is 23. The van der Waals surface area contributed by atoms with Gasteiger partial charge < -0.3 is 10.6 Å². The molecule has 11 nitrogen and oxygen atoms in total. The van der Waals surface area contributed by atoms with Crippen molar-refractivity contribution in [3.8, 4) is 0 Å². The fourth-order valence-corrected chi connectivity index (χ4v) is 8.05. The zero-order valence-electron chi connectivity index (χ0n) is 30.6. The van der Waals surface area contributed by atoms with Gasteiger partial charge in [-0.25, -0.2) is 10.0 Å². The van der Waals surface area contributed by atoms with E-state index in [-0.39, 0.29) is 45.6 Å². The monoisotopic (exact) mass is 849 g/mol. The van der Waals surface area contributed by atoms with Crippen LogP contribution in [0.5, 0.6) is 0 Å². The van der Waals surface area contributed by atoms with Crippen molar-refractivity contribution < 1.29 is 19.2 Å². The van der Waals surface area contributed by atoms with Crippen LogP contribution in [-0.4, -0.2) is 46.3 Å². The first-order valence-electron chi connectivity index (χ1n) is 18.4. The van der Waals surface area contributed by atoms with Gasteiger partial charge in [0.2, 0.25) is 18.2 Å². The smallest absolute Gasteiger partial charge is 0.266 e. The molecule has 0 spiro atoms. The highest BCUT2D eigenvalue weighted by molar-refractivity contribution is 8.01. The number of hydrazine groups is 2. The van der Waals surface area contributed by atoms with Gasteiger partial charge in [-0.3, -0.25) is 35.5 Å². The molecule has 4 rings (SSSR count). The van der Waals surface area contributed by atoms with Crippen LogP contribution in [0.15, 0.2) is 65.7 Å².